The fourth-order valence-electron chi connectivity index (χ4n) is 1.02. The highest BCUT2D eigenvalue weighted by atomic mass is 35.5. The summed E-state index contributed by atoms with van der Waals surface area (Å²) in [5.74, 6) is -0.699. The summed E-state index contributed by atoms with van der Waals surface area (Å²) in [6.07, 6.45) is 2.30. The van der Waals surface area contributed by atoms with E-state index in [-0.39, 0.29) is 21.7 Å². The summed E-state index contributed by atoms with van der Waals surface area (Å²) >= 11 is 5.51. The number of amides is 1. The third-order valence-corrected chi connectivity index (χ3v) is 2.69. The summed E-state index contributed by atoms with van der Waals surface area (Å²) in [7, 11) is 0. The Morgan fingerprint density at radius 3 is 2.59 bits per heavy atom. The van der Waals surface area contributed by atoms with E-state index in [1.807, 2.05) is 0 Å². The zero-order valence-corrected chi connectivity index (χ0v) is 9.86. The summed E-state index contributed by atoms with van der Waals surface area (Å²) < 4.78 is 36.4. The Balaban J connectivity index is 2.98. The first kappa shape index (κ1) is 13.9. The lowest BCUT2D eigenvalue weighted by molar-refractivity contribution is -0.113. The molecule has 0 aliphatic rings. The molecular formula is C10H7ClF3NOS. The fraction of sp³-hybridized carbons (Fsp3) is 0.100. The van der Waals surface area contributed by atoms with Gasteiger partial charge >= 0.3 is 5.51 Å². The van der Waals surface area contributed by atoms with Gasteiger partial charge in [-0.15, -0.1) is 0 Å². The van der Waals surface area contributed by atoms with E-state index in [1.165, 1.54) is 24.3 Å². The summed E-state index contributed by atoms with van der Waals surface area (Å²) in [5.41, 5.74) is 0.819. The molecule has 17 heavy (non-hydrogen) atoms. The van der Waals surface area contributed by atoms with Crippen LogP contribution in [0.3, 0.4) is 0 Å². The smallest absolute Gasteiger partial charge is 0.366 e. The molecule has 0 saturated heterocycles. The minimum Gasteiger partial charge on any atom is -0.366 e. The maximum absolute atomic E-state index is 12.1. The number of rotatable bonds is 3. The predicted octanol–water partition coefficient (Wildman–Crippen LogP) is 3.45. The van der Waals surface area contributed by atoms with Crippen LogP contribution in [0, 0.1) is 0 Å². The van der Waals surface area contributed by atoms with Crippen LogP contribution in [0.4, 0.5) is 13.2 Å². The Hall–Kier alpha value is -1.14. The molecule has 0 aromatic heterocycles. The Morgan fingerprint density at radius 2 is 2.06 bits per heavy atom. The first-order valence-electron chi connectivity index (χ1n) is 4.31. The number of hydrogen-bond donors (Lipinski definition) is 1. The van der Waals surface area contributed by atoms with Crippen LogP contribution >= 0.6 is 23.4 Å². The second-order valence-corrected chi connectivity index (χ2v) is 4.51. The molecule has 0 bridgehead atoms. The molecule has 0 unspecified atom stereocenters. The molecular weight excluding hydrogens is 275 g/mol. The summed E-state index contributed by atoms with van der Waals surface area (Å²) in [6.45, 7) is 0. The number of carbonyl (C=O) groups excluding carboxylic acids is 1. The number of primary amides is 1. The van der Waals surface area contributed by atoms with Crippen molar-refractivity contribution in [1.82, 2.24) is 0 Å². The maximum Gasteiger partial charge on any atom is 0.446 e. The summed E-state index contributed by atoms with van der Waals surface area (Å²) in [6, 6.07) is 3.82. The number of hydrogen-bond acceptors (Lipinski definition) is 2. The molecule has 1 amide bonds. The van der Waals surface area contributed by atoms with E-state index in [9.17, 15) is 18.0 Å². The quantitative estimate of drug-likeness (QED) is 0.681. The van der Waals surface area contributed by atoms with Gasteiger partial charge in [-0.25, -0.2) is 0 Å². The van der Waals surface area contributed by atoms with Gasteiger partial charge in [-0.2, -0.15) is 13.2 Å². The normalized spacial score (nSPS) is 12.0. The first-order valence-corrected chi connectivity index (χ1v) is 5.50. The largest absolute Gasteiger partial charge is 0.446 e. The van der Waals surface area contributed by atoms with E-state index >= 15 is 0 Å². The Bertz CT molecular complexity index is 459. The Labute approximate surface area is 105 Å². The third kappa shape index (κ3) is 5.14. The number of halogens is 4. The molecule has 92 valence electrons. The molecule has 0 aliphatic carbocycles. The standard InChI is InChI=1S/C10H7ClF3NOS/c11-8-3-2-7(17-10(12,13)14)5-6(8)1-4-9(15)16/h1-5H,(H2,15,16)/b4-1-. The van der Waals surface area contributed by atoms with Crippen molar-refractivity contribution in [3.63, 3.8) is 0 Å². The minimum atomic E-state index is -4.36. The molecule has 0 saturated carbocycles. The summed E-state index contributed by atoms with van der Waals surface area (Å²) in [4.78, 5) is 10.5. The first-order chi connectivity index (χ1) is 7.78. The second-order valence-electron chi connectivity index (χ2n) is 2.97. The lowest BCUT2D eigenvalue weighted by Crippen LogP contribution is -2.05. The molecule has 0 radical (unpaired) electrons. The van der Waals surface area contributed by atoms with Crippen molar-refractivity contribution in [3.8, 4) is 0 Å². The van der Waals surface area contributed by atoms with Crippen LogP contribution in [0.5, 0.6) is 0 Å². The van der Waals surface area contributed by atoms with Crippen molar-refractivity contribution in [2.75, 3.05) is 0 Å². The van der Waals surface area contributed by atoms with E-state index < -0.39 is 11.4 Å². The molecule has 0 heterocycles. The van der Waals surface area contributed by atoms with E-state index in [0.29, 0.717) is 5.56 Å². The van der Waals surface area contributed by atoms with Crippen LogP contribution in [-0.2, 0) is 4.79 Å². The second kappa shape index (κ2) is 5.46. The van der Waals surface area contributed by atoms with Gasteiger partial charge in [0.2, 0.25) is 5.91 Å². The van der Waals surface area contributed by atoms with Gasteiger partial charge in [-0.05, 0) is 41.6 Å². The SMILES string of the molecule is NC(=O)/C=C\c1cc(SC(F)(F)F)ccc1Cl. The van der Waals surface area contributed by atoms with Crippen LogP contribution in [0.2, 0.25) is 5.02 Å². The van der Waals surface area contributed by atoms with Gasteiger partial charge in [0.05, 0.1) is 0 Å². The number of nitrogens with two attached hydrogens (primary N) is 1. The van der Waals surface area contributed by atoms with E-state index in [2.05, 4.69) is 0 Å². The van der Waals surface area contributed by atoms with E-state index in [4.69, 9.17) is 17.3 Å². The molecule has 1 rings (SSSR count). The van der Waals surface area contributed by atoms with E-state index in [1.54, 1.807) is 0 Å². The average Bonchev–Trinajstić information content (AvgIpc) is 2.16. The van der Waals surface area contributed by atoms with Gasteiger partial charge in [0.25, 0.3) is 0 Å². The molecule has 0 spiro atoms. The van der Waals surface area contributed by atoms with Gasteiger partial charge < -0.3 is 5.73 Å². The molecule has 0 fully saturated rings. The van der Waals surface area contributed by atoms with Gasteiger partial charge in [0.15, 0.2) is 0 Å². The van der Waals surface area contributed by atoms with Gasteiger partial charge in [-0.1, -0.05) is 11.6 Å². The number of carbonyl (C=O) groups is 1. The van der Waals surface area contributed by atoms with Crippen LogP contribution in [0.25, 0.3) is 6.08 Å². The van der Waals surface area contributed by atoms with Crippen LogP contribution in [0.1, 0.15) is 5.56 Å². The van der Waals surface area contributed by atoms with Crippen LogP contribution < -0.4 is 5.73 Å². The molecule has 2 N–H and O–H groups in total. The minimum absolute atomic E-state index is 0.00831. The third-order valence-electron chi connectivity index (χ3n) is 1.63. The van der Waals surface area contributed by atoms with Crippen molar-refractivity contribution < 1.29 is 18.0 Å². The van der Waals surface area contributed by atoms with Crippen molar-refractivity contribution in [2.45, 2.75) is 10.4 Å². The average molecular weight is 282 g/mol. The highest BCUT2D eigenvalue weighted by Crippen LogP contribution is 2.38. The van der Waals surface area contributed by atoms with Gasteiger partial charge in [0.1, 0.15) is 0 Å². The lowest BCUT2D eigenvalue weighted by atomic mass is 10.2. The maximum atomic E-state index is 12.1. The Kier molecular flexibility index (Phi) is 4.47. The topological polar surface area (TPSA) is 43.1 Å². The highest BCUT2D eigenvalue weighted by Gasteiger charge is 2.29. The van der Waals surface area contributed by atoms with E-state index in [0.717, 1.165) is 6.08 Å². The van der Waals surface area contributed by atoms with Gasteiger partial charge in [-0.3, -0.25) is 4.79 Å². The monoisotopic (exact) mass is 281 g/mol. The zero-order valence-electron chi connectivity index (χ0n) is 8.29. The zero-order chi connectivity index (χ0) is 13.1. The predicted molar refractivity (Wildman–Crippen MR) is 61.6 cm³/mol. The number of alkyl halides is 3. The highest BCUT2D eigenvalue weighted by molar-refractivity contribution is 8.00. The number of benzene rings is 1. The van der Waals surface area contributed by atoms with Crippen molar-refractivity contribution in [3.05, 3.63) is 34.9 Å². The molecule has 2 nitrogen and oxygen atoms in total. The van der Waals surface area contributed by atoms with Crippen molar-refractivity contribution in [1.29, 1.82) is 0 Å². The molecule has 0 aliphatic heterocycles. The van der Waals surface area contributed by atoms with Gasteiger partial charge in [0, 0.05) is 16.0 Å². The number of thioether (sulfide) groups is 1. The lowest BCUT2D eigenvalue weighted by Gasteiger charge is -2.07. The summed E-state index contributed by atoms with van der Waals surface area (Å²) in [5, 5.41) is 0.244. The fourth-order valence-corrected chi connectivity index (χ4v) is 1.79. The van der Waals surface area contributed by atoms with Crippen molar-refractivity contribution >= 4 is 35.3 Å². The van der Waals surface area contributed by atoms with Crippen LogP contribution in [-0.4, -0.2) is 11.4 Å². The molecule has 1 aromatic rings. The Morgan fingerprint density at radius 1 is 1.41 bits per heavy atom. The van der Waals surface area contributed by atoms with Crippen LogP contribution in [0.15, 0.2) is 29.2 Å². The van der Waals surface area contributed by atoms with Crippen molar-refractivity contribution in [2.24, 2.45) is 5.73 Å². The molecule has 7 heteroatoms. The molecule has 0 atom stereocenters. The molecule has 1 aromatic carbocycles.